The molecule has 0 spiro atoms. The summed E-state index contributed by atoms with van der Waals surface area (Å²) in [5.41, 5.74) is 2.80. The van der Waals surface area contributed by atoms with Crippen molar-refractivity contribution in [3.63, 3.8) is 0 Å². The third-order valence-electron chi connectivity index (χ3n) is 3.93. The number of nitrogens with zero attached hydrogens (tertiary/aromatic N) is 1. The zero-order chi connectivity index (χ0) is 13.7. The predicted molar refractivity (Wildman–Crippen MR) is 87.2 cm³/mol. The predicted octanol–water partition coefficient (Wildman–Crippen LogP) is 3.52. The van der Waals surface area contributed by atoms with Gasteiger partial charge in [0.2, 0.25) is 0 Å². The molecule has 1 fully saturated rings. The van der Waals surface area contributed by atoms with E-state index in [2.05, 4.69) is 54.7 Å². The van der Waals surface area contributed by atoms with E-state index in [4.69, 9.17) is 0 Å². The van der Waals surface area contributed by atoms with E-state index in [1.807, 2.05) is 11.8 Å². The summed E-state index contributed by atoms with van der Waals surface area (Å²) in [4.78, 5) is 2.43. The third kappa shape index (κ3) is 4.43. The van der Waals surface area contributed by atoms with E-state index in [-0.39, 0.29) is 0 Å². The van der Waals surface area contributed by atoms with E-state index in [1.54, 1.807) is 0 Å². The lowest BCUT2D eigenvalue weighted by atomic mass is 10.1. The van der Waals surface area contributed by atoms with Crippen molar-refractivity contribution >= 4 is 17.4 Å². The van der Waals surface area contributed by atoms with Crippen molar-refractivity contribution in [2.75, 3.05) is 24.0 Å². The van der Waals surface area contributed by atoms with Crippen LogP contribution in [0.25, 0.3) is 0 Å². The zero-order valence-corrected chi connectivity index (χ0v) is 13.2. The van der Waals surface area contributed by atoms with Crippen LogP contribution in [0.1, 0.15) is 31.7 Å². The maximum absolute atomic E-state index is 3.62. The highest BCUT2D eigenvalue weighted by Crippen LogP contribution is 2.25. The molecule has 1 aromatic rings. The van der Waals surface area contributed by atoms with E-state index in [0.717, 1.165) is 12.6 Å². The van der Waals surface area contributed by atoms with Crippen molar-refractivity contribution in [1.82, 2.24) is 5.32 Å². The Morgan fingerprint density at radius 1 is 1.37 bits per heavy atom. The number of nitrogens with one attached hydrogen (secondary N) is 1. The SMILES string of the molecule is CSCCC(C)N(C)c1ccccc1CNC1CC1. The van der Waals surface area contributed by atoms with Crippen molar-refractivity contribution in [2.24, 2.45) is 0 Å². The Bertz CT molecular complexity index is 390. The molecule has 1 aromatic carbocycles. The molecule has 0 bridgehead atoms. The second-order valence-corrected chi connectivity index (χ2v) is 6.51. The Labute approximate surface area is 122 Å². The van der Waals surface area contributed by atoms with Crippen LogP contribution in [0.2, 0.25) is 0 Å². The lowest BCUT2D eigenvalue weighted by Gasteiger charge is -2.29. The van der Waals surface area contributed by atoms with Gasteiger partial charge in [-0.25, -0.2) is 0 Å². The highest BCUT2D eigenvalue weighted by atomic mass is 32.2. The van der Waals surface area contributed by atoms with E-state index in [9.17, 15) is 0 Å². The van der Waals surface area contributed by atoms with Gasteiger partial charge < -0.3 is 10.2 Å². The molecule has 0 amide bonds. The lowest BCUT2D eigenvalue weighted by Crippen LogP contribution is -2.30. The summed E-state index contributed by atoms with van der Waals surface area (Å²) < 4.78 is 0. The molecule has 19 heavy (non-hydrogen) atoms. The molecule has 1 saturated carbocycles. The number of thioether (sulfide) groups is 1. The number of hydrogen-bond donors (Lipinski definition) is 1. The van der Waals surface area contributed by atoms with Crippen LogP contribution in [-0.4, -0.2) is 31.1 Å². The molecule has 0 saturated heterocycles. The second-order valence-electron chi connectivity index (χ2n) is 5.53. The van der Waals surface area contributed by atoms with Gasteiger partial charge in [-0.3, -0.25) is 0 Å². The highest BCUT2D eigenvalue weighted by Gasteiger charge is 2.21. The van der Waals surface area contributed by atoms with Crippen LogP contribution in [0.5, 0.6) is 0 Å². The van der Waals surface area contributed by atoms with E-state index in [0.29, 0.717) is 6.04 Å². The minimum absolute atomic E-state index is 0.592. The second kappa shape index (κ2) is 7.20. The summed E-state index contributed by atoms with van der Waals surface area (Å²) in [6, 6.07) is 10.2. The molecule has 0 heterocycles. The summed E-state index contributed by atoms with van der Waals surface area (Å²) in [5.74, 6) is 1.23. The summed E-state index contributed by atoms with van der Waals surface area (Å²) in [5, 5.41) is 3.62. The van der Waals surface area contributed by atoms with E-state index >= 15 is 0 Å². The van der Waals surface area contributed by atoms with Crippen LogP contribution in [0.15, 0.2) is 24.3 Å². The molecule has 1 N–H and O–H groups in total. The van der Waals surface area contributed by atoms with Gasteiger partial charge in [-0.1, -0.05) is 18.2 Å². The molecule has 1 aliphatic carbocycles. The monoisotopic (exact) mass is 278 g/mol. The first-order valence-electron chi connectivity index (χ1n) is 7.25. The maximum Gasteiger partial charge on any atom is 0.0411 e. The van der Waals surface area contributed by atoms with Gasteiger partial charge in [0.05, 0.1) is 0 Å². The molecule has 0 aliphatic heterocycles. The normalized spacial score (nSPS) is 16.4. The fourth-order valence-corrected chi connectivity index (χ4v) is 2.84. The average Bonchev–Trinajstić information content (AvgIpc) is 3.26. The van der Waals surface area contributed by atoms with Gasteiger partial charge in [0.15, 0.2) is 0 Å². The Balaban J connectivity index is 1.99. The topological polar surface area (TPSA) is 15.3 Å². The summed E-state index contributed by atoms with van der Waals surface area (Å²) in [6.07, 6.45) is 6.12. The Morgan fingerprint density at radius 3 is 2.79 bits per heavy atom. The first-order chi connectivity index (χ1) is 9.22. The summed E-state index contributed by atoms with van der Waals surface area (Å²) in [7, 11) is 2.22. The van der Waals surface area contributed by atoms with Crippen LogP contribution in [0.3, 0.4) is 0 Å². The fraction of sp³-hybridized carbons (Fsp3) is 0.625. The molecule has 0 radical (unpaired) electrons. The van der Waals surface area contributed by atoms with Crippen LogP contribution in [-0.2, 0) is 6.54 Å². The number of anilines is 1. The van der Waals surface area contributed by atoms with Crippen LogP contribution in [0, 0.1) is 0 Å². The minimum Gasteiger partial charge on any atom is -0.372 e. The minimum atomic E-state index is 0.592. The van der Waals surface area contributed by atoms with Crippen molar-refractivity contribution in [1.29, 1.82) is 0 Å². The van der Waals surface area contributed by atoms with Crippen LogP contribution < -0.4 is 10.2 Å². The summed E-state index contributed by atoms with van der Waals surface area (Å²) in [6.45, 7) is 3.32. The smallest absolute Gasteiger partial charge is 0.0411 e. The molecular weight excluding hydrogens is 252 g/mol. The van der Waals surface area contributed by atoms with Crippen LogP contribution in [0.4, 0.5) is 5.69 Å². The van der Waals surface area contributed by atoms with Gasteiger partial charge in [-0.05, 0) is 49.8 Å². The maximum atomic E-state index is 3.62. The first kappa shape index (κ1) is 14.7. The number of rotatable bonds is 8. The molecular formula is C16H26N2S. The van der Waals surface area contributed by atoms with Crippen molar-refractivity contribution in [3.05, 3.63) is 29.8 Å². The fourth-order valence-electron chi connectivity index (χ4n) is 2.27. The van der Waals surface area contributed by atoms with E-state index in [1.165, 1.54) is 36.3 Å². The van der Waals surface area contributed by atoms with Crippen molar-refractivity contribution in [3.8, 4) is 0 Å². The van der Waals surface area contributed by atoms with E-state index < -0.39 is 0 Å². The van der Waals surface area contributed by atoms with Gasteiger partial charge in [0.1, 0.15) is 0 Å². The summed E-state index contributed by atoms with van der Waals surface area (Å²) >= 11 is 1.93. The molecule has 2 rings (SSSR count). The lowest BCUT2D eigenvalue weighted by molar-refractivity contribution is 0.653. The molecule has 1 aliphatic rings. The van der Waals surface area contributed by atoms with Crippen molar-refractivity contribution in [2.45, 2.75) is 44.8 Å². The van der Waals surface area contributed by atoms with Gasteiger partial charge in [-0.2, -0.15) is 11.8 Å². The molecule has 2 nitrogen and oxygen atoms in total. The quantitative estimate of drug-likeness (QED) is 0.783. The van der Waals surface area contributed by atoms with Crippen molar-refractivity contribution < 1.29 is 0 Å². The number of benzene rings is 1. The van der Waals surface area contributed by atoms with Gasteiger partial charge >= 0.3 is 0 Å². The number of hydrogen-bond acceptors (Lipinski definition) is 3. The largest absolute Gasteiger partial charge is 0.372 e. The highest BCUT2D eigenvalue weighted by molar-refractivity contribution is 7.98. The zero-order valence-electron chi connectivity index (χ0n) is 12.4. The van der Waals surface area contributed by atoms with Gasteiger partial charge in [0.25, 0.3) is 0 Å². The first-order valence-corrected chi connectivity index (χ1v) is 8.65. The molecule has 3 heteroatoms. The third-order valence-corrected chi connectivity index (χ3v) is 4.58. The number of para-hydroxylation sites is 1. The molecule has 106 valence electrons. The van der Waals surface area contributed by atoms with Crippen LogP contribution >= 0.6 is 11.8 Å². The molecule has 0 aromatic heterocycles. The standard InChI is InChI=1S/C16H26N2S/c1-13(10-11-19-3)18(2)16-7-5-4-6-14(16)12-17-15-8-9-15/h4-7,13,15,17H,8-12H2,1-3H3. The molecule has 1 atom stereocenters. The van der Waals surface area contributed by atoms with Gasteiger partial charge in [0, 0.05) is 31.4 Å². The van der Waals surface area contributed by atoms with Gasteiger partial charge in [-0.15, -0.1) is 0 Å². The Hall–Kier alpha value is -0.670. The Kier molecular flexibility index (Phi) is 5.59. The average molecular weight is 278 g/mol. The molecule has 1 unspecified atom stereocenters. The Morgan fingerprint density at radius 2 is 2.11 bits per heavy atom.